The largest absolute Gasteiger partial charge is 0.493 e. The van der Waals surface area contributed by atoms with Crippen molar-refractivity contribution < 1.29 is 23.9 Å². The van der Waals surface area contributed by atoms with Gasteiger partial charge in [-0.2, -0.15) is 0 Å². The molecular weight excluding hydrogens is 304 g/mol. The number of ether oxygens (including phenoxy) is 3. The first-order chi connectivity index (χ1) is 11.1. The quantitative estimate of drug-likeness (QED) is 0.463. The molecule has 0 aliphatic carbocycles. The Kier molecular flexibility index (Phi) is 5.53. The van der Waals surface area contributed by atoms with E-state index >= 15 is 0 Å². The molecule has 1 aromatic carbocycles. The van der Waals surface area contributed by atoms with Gasteiger partial charge in [-0.15, -0.1) is 0 Å². The van der Waals surface area contributed by atoms with Crippen LogP contribution in [0.2, 0.25) is 0 Å². The summed E-state index contributed by atoms with van der Waals surface area (Å²) in [5, 5.41) is 11.2. The van der Waals surface area contributed by atoms with Crippen LogP contribution < -0.4 is 9.47 Å². The minimum atomic E-state index is -0.527. The summed E-state index contributed by atoms with van der Waals surface area (Å²) in [6.07, 6.45) is 2.73. The number of nitro groups is 1. The first-order valence-corrected chi connectivity index (χ1v) is 7.02. The molecule has 1 aromatic rings. The number of nitro benzene ring substituents is 1. The molecular formula is C15H18N2O6. The van der Waals surface area contributed by atoms with Crippen molar-refractivity contribution >= 4 is 17.7 Å². The average Bonchev–Trinajstić information content (AvgIpc) is 2.59. The third kappa shape index (κ3) is 3.98. The van der Waals surface area contributed by atoms with Gasteiger partial charge in [0.2, 0.25) is 5.91 Å². The second kappa shape index (κ2) is 7.59. The minimum Gasteiger partial charge on any atom is -0.493 e. The third-order valence-electron chi connectivity index (χ3n) is 3.46. The summed E-state index contributed by atoms with van der Waals surface area (Å²) in [6.45, 7) is 2.01. The van der Waals surface area contributed by atoms with Crippen LogP contribution in [0.25, 0.3) is 6.08 Å². The number of hydrogen-bond donors (Lipinski definition) is 0. The van der Waals surface area contributed by atoms with Crippen molar-refractivity contribution in [2.45, 2.75) is 0 Å². The molecule has 0 saturated carbocycles. The van der Waals surface area contributed by atoms with Gasteiger partial charge in [-0.25, -0.2) is 0 Å². The highest BCUT2D eigenvalue weighted by molar-refractivity contribution is 5.92. The highest BCUT2D eigenvalue weighted by atomic mass is 16.6. The lowest BCUT2D eigenvalue weighted by Gasteiger charge is -2.25. The van der Waals surface area contributed by atoms with Crippen LogP contribution in [0.5, 0.6) is 11.5 Å². The second-order valence-electron chi connectivity index (χ2n) is 4.79. The van der Waals surface area contributed by atoms with Crippen molar-refractivity contribution in [3.8, 4) is 11.5 Å². The average molecular weight is 322 g/mol. The molecule has 1 aliphatic heterocycles. The van der Waals surface area contributed by atoms with Gasteiger partial charge >= 0.3 is 0 Å². The highest BCUT2D eigenvalue weighted by Crippen LogP contribution is 2.35. The summed E-state index contributed by atoms with van der Waals surface area (Å²) in [5.41, 5.74) is 0.114. The number of rotatable bonds is 5. The van der Waals surface area contributed by atoms with E-state index < -0.39 is 4.92 Å². The highest BCUT2D eigenvalue weighted by Gasteiger charge is 2.19. The van der Waals surface area contributed by atoms with Gasteiger partial charge in [-0.1, -0.05) is 0 Å². The van der Waals surface area contributed by atoms with Gasteiger partial charge < -0.3 is 19.1 Å². The maximum absolute atomic E-state index is 12.1. The Balaban J connectivity index is 2.28. The van der Waals surface area contributed by atoms with E-state index in [9.17, 15) is 14.9 Å². The van der Waals surface area contributed by atoms with Gasteiger partial charge in [-0.3, -0.25) is 14.9 Å². The third-order valence-corrected chi connectivity index (χ3v) is 3.46. The van der Waals surface area contributed by atoms with Crippen LogP contribution in [-0.2, 0) is 9.53 Å². The van der Waals surface area contributed by atoms with Crippen molar-refractivity contribution in [2.24, 2.45) is 0 Å². The van der Waals surface area contributed by atoms with Crippen LogP contribution in [0, 0.1) is 10.1 Å². The molecule has 2 rings (SSSR count). The zero-order valence-electron chi connectivity index (χ0n) is 13.0. The number of nitrogens with zero attached hydrogens (tertiary/aromatic N) is 2. The summed E-state index contributed by atoms with van der Waals surface area (Å²) in [5.74, 6) is 0.407. The Bertz CT molecular complexity index is 623. The molecule has 1 saturated heterocycles. The lowest BCUT2D eigenvalue weighted by Crippen LogP contribution is -2.39. The molecule has 23 heavy (non-hydrogen) atoms. The first kappa shape index (κ1) is 16.8. The summed E-state index contributed by atoms with van der Waals surface area (Å²) < 4.78 is 15.4. The molecule has 1 fully saturated rings. The zero-order valence-corrected chi connectivity index (χ0v) is 13.0. The van der Waals surface area contributed by atoms with Gasteiger partial charge in [-0.05, 0) is 12.1 Å². The molecule has 0 spiro atoms. The number of hydrogen-bond acceptors (Lipinski definition) is 6. The summed E-state index contributed by atoms with van der Waals surface area (Å²) in [4.78, 5) is 24.4. The Labute approximate surface area is 133 Å². The van der Waals surface area contributed by atoms with E-state index in [0.29, 0.717) is 32.1 Å². The Morgan fingerprint density at radius 1 is 1.26 bits per heavy atom. The predicted molar refractivity (Wildman–Crippen MR) is 82.6 cm³/mol. The first-order valence-electron chi connectivity index (χ1n) is 7.02. The lowest BCUT2D eigenvalue weighted by molar-refractivity contribution is -0.385. The van der Waals surface area contributed by atoms with Crippen LogP contribution in [-0.4, -0.2) is 56.3 Å². The lowest BCUT2D eigenvalue weighted by atomic mass is 10.1. The van der Waals surface area contributed by atoms with E-state index in [-0.39, 0.29) is 22.9 Å². The monoisotopic (exact) mass is 322 g/mol. The van der Waals surface area contributed by atoms with Gasteiger partial charge in [0.1, 0.15) is 0 Å². The molecule has 8 heteroatoms. The summed E-state index contributed by atoms with van der Waals surface area (Å²) in [6, 6.07) is 2.75. The van der Waals surface area contributed by atoms with Gasteiger partial charge in [0, 0.05) is 19.2 Å². The number of methoxy groups -OCH3 is 2. The molecule has 1 aliphatic rings. The maximum atomic E-state index is 12.1. The number of morpholine rings is 1. The molecule has 0 aromatic heterocycles. The topological polar surface area (TPSA) is 91.1 Å². The van der Waals surface area contributed by atoms with E-state index in [2.05, 4.69) is 0 Å². The standard InChI is InChI=1S/C15H18N2O6/c1-21-13-9-11(12(17(19)20)10-14(13)22-2)3-4-15(18)16-5-7-23-8-6-16/h3-4,9-10H,5-8H2,1-2H3/b4-3-. The fraction of sp³-hybridized carbons (Fsp3) is 0.400. The molecule has 0 bridgehead atoms. The van der Waals surface area contributed by atoms with Crippen LogP contribution in [0.3, 0.4) is 0 Å². The van der Waals surface area contributed by atoms with E-state index in [0.717, 1.165) is 0 Å². The normalized spacial score (nSPS) is 14.8. The van der Waals surface area contributed by atoms with Crippen molar-refractivity contribution in [1.82, 2.24) is 4.90 Å². The van der Waals surface area contributed by atoms with Crippen molar-refractivity contribution in [1.29, 1.82) is 0 Å². The van der Waals surface area contributed by atoms with Gasteiger partial charge in [0.05, 0.1) is 44.0 Å². The number of benzene rings is 1. The van der Waals surface area contributed by atoms with Crippen molar-refractivity contribution in [3.63, 3.8) is 0 Å². The van der Waals surface area contributed by atoms with Crippen LogP contribution in [0.4, 0.5) is 5.69 Å². The van der Waals surface area contributed by atoms with Gasteiger partial charge in [0.25, 0.3) is 5.69 Å². The predicted octanol–water partition coefficient (Wildman–Crippen LogP) is 1.48. The smallest absolute Gasteiger partial charge is 0.280 e. The minimum absolute atomic E-state index is 0.159. The summed E-state index contributed by atoms with van der Waals surface area (Å²) in [7, 11) is 2.84. The molecule has 1 heterocycles. The number of carbonyl (C=O) groups is 1. The fourth-order valence-electron chi connectivity index (χ4n) is 2.23. The van der Waals surface area contributed by atoms with Crippen LogP contribution >= 0.6 is 0 Å². The molecule has 0 unspecified atom stereocenters. The molecule has 0 atom stereocenters. The number of amides is 1. The zero-order chi connectivity index (χ0) is 16.8. The van der Waals surface area contributed by atoms with E-state index in [1.165, 1.54) is 38.5 Å². The molecule has 0 radical (unpaired) electrons. The maximum Gasteiger partial charge on any atom is 0.280 e. The summed E-state index contributed by atoms with van der Waals surface area (Å²) >= 11 is 0. The second-order valence-corrected chi connectivity index (χ2v) is 4.79. The molecule has 1 amide bonds. The number of carbonyl (C=O) groups excluding carboxylic acids is 1. The van der Waals surface area contributed by atoms with Crippen LogP contribution in [0.15, 0.2) is 18.2 Å². The van der Waals surface area contributed by atoms with Crippen LogP contribution in [0.1, 0.15) is 5.56 Å². The van der Waals surface area contributed by atoms with Gasteiger partial charge in [0.15, 0.2) is 11.5 Å². The van der Waals surface area contributed by atoms with Crippen molar-refractivity contribution in [2.75, 3.05) is 40.5 Å². The van der Waals surface area contributed by atoms with Crippen molar-refractivity contribution in [3.05, 3.63) is 33.9 Å². The fourth-order valence-corrected chi connectivity index (χ4v) is 2.23. The Morgan fingerprint density at radius 3 is 2.43 bits per heavy atom. The van der Waals surface area contributed by atoms with E-state index in [1.54, 1.807) is 4.90 Å². The molecule has 124 valence electrons. The SMILES string of the molecule is COc1cc(/C=C\C(=O)N2CCOCC2)c([N+](=O)[O-])cc1OC. The molecule has 8 nitrogen and oxygen atoms in total. The Hall–Kier alpha value is -2.61. The molecule has 0 N–H and O–H groups in total. The Morgan fingerprint density at radius 2 is 1.87 bits per heavy atom. The van der Waals surface area contributed by atoms with E-state index in [4.69, 9.17) is 14.2 Å². The van der Waals surface area contributed by atoms with E-state index in [1.807, 2.05) is 0 Å².